The predicted octanol–water partition coefficient (Wildman–Crippen LogP) is 2.66. The number of rotatable bonds is 5. The van der Waals surface area contributed by atoms with E-state index in [1.807, 2.05) is 42.5 Å². The van der Waals surface area contributed by atoms with E-state index in [0.29, 0.717) is 42.9 Å². The minimum absolute atomic E-state index is 0.0918. The zero-order chi connectivity index (χ0) is 21.0. The third kappa shape index (κ3) is 4.08. The number of pyridine rings is 2. The molecule has 0 N–H and O–H groups in total. The van der Waals surface area contributed by atoms with Crippen molar-refractivity contribution in [2.75, 3.05) is 26.3 Å². The Morgan fingerprint density at radius 3 is 2.90 bits per heavy atom. The Hall–Kier alpha value is -3.85. The van der Waals surface area contributed by atoms with Gasteiger partial charge in [-0.2, -0.15) is 4.98 Å². The van der Waals surface area contributed by atoms with Gasteiger partial charge in [0.1, 0.15) is 17.0 Å². The molecule has 9 nitrogen and oxygen atoms in total. The van der Waals surface area contributed by atoms with Gasteiger partial charge in [0.2, 0.25) is 5.82 Å². The second kappa shape index (κ2) is 8.49. The van der Waals surface area contributed by atoms with E-state index in [2.05, 4.69) is 20.1 Å². The van der Waals surface area contributed by atoms with E-state index in [9.17, 15) is 4.79 Å². The molecule has 4 heterocycles. The molecule has 4 aromatic rings. The molecule has 0 spiro atoms. The largest absolute Gasteiger partial charge is 0.481 e. The Kier molecular flexibility index (Phi) is 5.24. The van der Waals surface area contributed by atoms with E-state index >= 15 is 0 Å². The zero-order valence-corrected chi connectivity index (χ0v) is 16.5. The Labute approximate surface area is 177 Å². The maximum atomic E-state index is 12.8. The monoisotopic (exact) mass is 417 g/mol. The smallest absolute Gasteiger partial charge is 0.260 e. The second-order valence-corrected chi connectivity index (χ2v) is 6.99. The van der Waals surface area contributed by atoms with Crippen molar-refractivity contribution in [3.8, 4) is 17.3 Å². The number of hydrogen-bond acceptors (Lipinski definition) is 8. The van der Waals surface area contributed by atoms with Gasteiger partial charge in [-0.1, -0.05) is 29.4 Å². The number of benzene rings is 1. The summed E-state index contributed by atoms with van der Waals surface area (Å²) in [5, 5.41) is 4.93. The van der Waals surface area contributed by atoms with Crippen LogP contribution < -0.4 is 4.74 Å². The summed E-state index contributed by atoms with van der Waals surface area (Å²) in [7, 11) is 0. The fourth-order valence-electron chi connectivity index (χ4n) is 3.41. The van der Waals surface area contributed by atoms with Gasteiger partial charge in [0.15, 0.2) is 12.7 Å². The number of ether oxygens (including phenoxy) is 2. The van der Waals surface area contributed by atoms with Gasteiger partial charge in [0.25, 0.3) is 11.8 Å². The molecular weight excluding hydrogens is 398 g/mol. The molecule has 0 saturated carbocycles. The third-order valence-corrected chi connectivity index (χ3v) is 4.98. The lowest BCUT2D eigenvalue weighted by Crippen LogP contribution is -2.44. The Bertz CT molecular complexity index is 1190. The van der Waals surface area contributed by atoms with Crippen molar-refractivity contribution < 1.29 is 18.8 Å². The molecule has 5 rings (SSSR count). The lowest BCUT2D eigenvalue weighted by Gasteiger charge is -2.31. The van der Waals surface area contributed by atoms with E-state index in [4.69, 9.17) is 14.0 Å². The van der Waals surface area contributed by atoms with Crippen LogP contribution >= 0.6 is 0 Å². The number of para-hydroxylation sites is 1. The Morgan fingerprint density at radius 2 is 2.00 bits per heavy atom. The molecular formula is C22H19N5O4. The van der Waals surface area contributed by atoms with Gasteiger partial charge < -0.3 is 18.9 Å². The maximum absolute atomic E-state index is 12.8. The number of aromatic nitrogens is 4. The third-order valence-electron chi connectivity index (χ3n) is 4.98. The number of nitrogens with zero attached hydrogens (tertiary/aromatic N) is 5. The second-order valence-electron chi connectivity index (χ2n) is 6.99. The van der Waals surface area contributed by atoms with E-state index in [1.54, 1.807) is 23.4 Å². The van der Waals surface area contributed by atoms with Gasteiger partial charge >= 0.3 is 0 Å². The first-order valence-electron chi connectivity index (χ1n) is 9.89. The fraction of sp³-hybridized carbons (Fsp3) is 0.227. The summed E-state index contributed by atoms with van der Waals surface area (Å²) in [6.07, 6.45) is 2.86. The summed E-state index contributed by atoms with van der Waals surface area (Å²) in [6.45, 7) is 1.05. The van der Waals surface area contributed by atoms with Gasteiger partial charge in [-0.15, -0.1) is 0 Å². The summed E-state index contributed by atoms with van der Waals surface area (Å²) in [6, 6.07) is 14.9. The van der Waals surface area contributed by atoms with Gasteiger partial charge in [-0.25, -0.2) is 0 Å². The first-order chi connectivity index (χ1) is 15.3. The number of fused-ring (bicyclic) bond motifs is 1. The van der Waals surface area contributed by atoms with Crippen LogP contribution in [0.3, 0.4) is 0 Å². The van der Waals surface area contributed by atoms with Crippen LogP contribution in [-0.2, 0) is 9.53 Å². The SMILES string of the molecule is O=C(COc1cccc2cccnc12)N1CCOC(c2nc(-c3ccccn3)no2)C1. The van der Waals surface area contributed by atoms with E-state index in [-0.39, 0.29) is 12.5 Å². The number of morpholine rings is 1. The van der Waals surface area contributed by atoms with Crippen molar-refractivity contribution in [2.45, 2.75) is 6.10 Å². The highest BCUT2D eigenvalue weighted by Crippen LogP contribution is 2.25. The van der Waals surface area contributed by atoms with Crippen LogP contribution in [0, 0.1) is 0 Å². The first-order valence-corrected chi connectivity index (χ1v) is 9.89. The van der Waals surface area contributed by atoms with Gasteiger partial charge in [-0.3, -0.25) is 14.8 Å². The van der Waals surface area contributed by atoms with Crippen molar-refractivity contribution in [1.29, 1.82) is 0 Å². The molecule has 1 amide bonds. The van der Waals surface area contributed by atoms with Crippen LogP contribution in [0.15, 0.2) is 65.4 Å². The molecule has 0 radical (unpaired) electrons. The highest BCUT2D eigenvalue weighted by molar-refractivity contribution is 5.85. The standard InChI is InChI=1S/C22H19N5O4/c28-19(14-30-17-8-3-5-15-6-4-10-24-20(15)17)27-11-12-29-18(13-27)22-25-21(26-31-22)16-7-1-2-9-23-16/h1-10,18H,11-14H2. The molecule has 31 heavy (non-hydrogen) atoms. The number of carbonyl (C=O) groups excluding carboxylic acids is 1. The van der Waals surface area contributed by atoms with Gasteiger partial charge in [0.05, 0.1) is 13.2 Å². The molecule has 1 aliphatic rings. The topological polar surface area (TPSA) is 103 Å². The lowest BCUT2D eigenvalue weighted by atomic mass is 10.2. The summed E-state index contributed by atoms with van der Waals surface area (Å²) in [5.74, 6) is 1.13. The fourth-order valence-corrected chi connectivity index (χ4v) is 3.41. The average Bonchev–Trinajstić information content (AvgIpc) is 3.34. The average molecular weight is 417 g/mol. The summed E-state index contributed by atoms with van der Waals surface area (Å²) < 4.78 is 16.9. The van der Waals surface area contributed by atoms with Crippen molar-refractivity contribution in [1.82, 2.24) is 25.0 Å². The first kappa shape index (κ1) is 19.1. The molecule has 1 unspecified atom stereocenters. The zero-order valence-electron chi connectivity index (χ0n) is 16.5. The molecule has 0 bridgehead atoms. The maximum Gasteiger partial charge on any atom is 0.260 e. The minimum Gasteiger partial charge on any atom is -0.481 e. The molecule has 1 saturated heterocycles. The van der Waals surface area contributed by atoms with Crippen LogP contribution in [0.2, 0.25) is 0 Å². The van der Waals surface area contributed by atoms with E-state index in [1.165, 1.54) is 0 Å². The minimum atomic E-state index is -0.498. The van der Waals surface area contributed by atoms with Crippen molar-refractivity contribution in [3.63, 3.8) is 0 Å². The lowest BCUT2D eigenvalue weighted by molar-refractivity contribution is -0.142. The molecule has 156 valence electrons. The molecule has 1 aliphatic heterocycles. The molecule has 1 atom stereocenters. The summed E-state index contributed by atoms with van der Waals surface area (Å²) in [5.41, 5.74) is 1.34. The molecule has 1 aromatic carbocycles. The van der Waals surface area contributed by atoms with Crippen LogP contribution in [0.4, 0.5) is 0 Å². The highest BCUT2D eigenvalue weighted by atomic mass is 16.5. The summed E-state index contributed by atoms with van der Waals surface area (Å²) >= 11 is 0. The van der Waals surface area contributed by atoms with Crippen LogP contribution in [0.5, 0.6) is 5.75 Å². The number of amides is 1. The van der Waals surface area contributed by atoms with Crippen molar-refractivity contribution >= 4 is 16.8 Å². The number of carbonyl (C=O) groups is 1. The van der Waals surface area contributed by atoms with Crippen molar-refractivity contribution in [3.05, 3.63) is 66.8 Å². The molecule has 9 heteroatoms. The molecule has 1 fully saturated rings. The normalized spacial score (nSPS) is 16.4. The van der Waals surface area contributed by atoms with Crippen molar-refractivity contribution in [2.24, 2.45) is 0 Å². The summed E-state index contributed by atoms with van der Waals surface area (Å²) in [4.78, 5) is 27.4. The van der Waals surface area contributed by atoms with E-state index in [0.717, 1.165) is 10.9 Å². The molecule has 3 aromatic heterocycles. The van der Waals surface area contributed by atoms with Crippen LogP contribution in [-0.4, -0.2) is 57.2 Å². The Morgan fingerprint density at radius 1 is 1.10 bits per heavy atom. The number of hydrogen-bond donors (Lipinski definition) is 0. The van der Waals surface area contributed by atoms with E-state index < -0.39 is 6.10 Å². The predicted molar refractivity (Wildman–Crippen MR) is 110 cm³/mol. The van der Waals surface area contributed by atoms with Gasteiger partial charge in [0, 0.05) is 24.3 Å². The van der Waals surface area contributed by atoms with Gasteiger partial charge in [-0.05, 0) is 24.3 Å². The Balaban J connectivity index is 1.24. The molecule has 0 aliphatic carbocycles. The van der Waals surface area contributed by atoms with Crippen LogP contribution in [0.1, 0.15) is 12.0 Å². The quantitative estimate of drug-likeness (QED) is 0.488. The van der Waals surface area contributed by atoms with Crippen LogP contribution in [0.25, 0.3) is 22.4 Å². The highest BCUT2D eigenvalue weighted by Gasteiger charge is 2.30.